The first-order valence-electron chi connectivity index (χ1n) is 12.4. The molecule has 0 saturated carbocycles. The minimum atomic E-state index is -0.514. The zero-order chi connectivity index (χ0) is 24.0. The number of hydrogen-bond acceptors (Lipinski definition) is 7. The van der Waals surface area contributed by atoms with E-state index in [0.29, 0.717) is 13.2 Å². The summed E-state index contributed by atoms with van der Waals surface area (Å²) in [5.41, 5.74) is 3.33. The molecule has 0 radical (unpaired) electrons. The fourth-order valence-corrected chi connectivity index (χ4v) is 5.33. The minimum Gasteiger partial charge on any atom is -0.491 e. The van der Waals surface area contributed by atoms with Crippen molar-refractivity contribution in [2.75, 3.05) is 45.9 Å². The van der Waals surface area contributed by atoms with Crippen LogP contribution in [0.3, 0.4) is 0 Å². The van der Waals surface area contributed by atoms with Crippen LogP contribution in [0.4, 0.5) is 0 Å². The summed E-state index contributed by atoms with van der Waals surface area (Å²) in [4.78, 5) is 9.42. The molecule has 0 unspecified atom stereocenters. The van der Waals surface area contributed by atoms with Gasteiger partial charge in [-0.25, -0.2) is 4.98 Å². The van der Waals surface area contributed by atoms with Crippen LogP contribution in [0, 0.1) is 0 Å². The average molecular weight is 492 g/mol. The lowest BCUT2D eigenvalue weighted by atomic mass is 10.1. The summed E-state index contributed by atoms with van der Waals surface area (Å²) in [6.45, 7) is 8.81. The molecule has 8 heteroatoms. The van der Waals surface area contributed by atoms with Gasteiger partial charge in [0.25, 0.3) is 0 Å². The van der Waals surface area contributed by atoms with Crippen molar-refractivity contribution < 1.29 is 9.84 Å². The molecule has 1 saturated heterocycles. The minimum absolute atomic E-state index is 0.291. The maximum atomic E-state index is 10.5. The van der Waals surface area contributed by atoms with E-state index in [1.165, 1.54) is 10.3 Å². The van der Waals surface area contributed by atoms with Gasteiger partial charge in [0.05, 0.1) is 28.0 Å². The summed E-state index contributed by atoms with van der Waals surface area (Å²) in [5, 5.41) is 16.2. The van der Waals surface area contributed by atoms with Crippen LogP contribution in [-0.4, -0.2) is 81.7 Å². The number of β-amino-alcohol motifs (C(OH)–C–C–N with tert-alkyl or cyclic N) is 1. The molecule has 1 aliphatic heterocycles. The highest BCUT2D eigenvalue weighted by Crippen LogP contribution is 2.26. The predicted octanol–water partition coefficient (Wildman–Crippen LogP) is 3.78. The van der Waals surface area contributed by atoms with Crippen molar-refractivity contribution in [2.24, 2.45) is 0 Å². The molecule has 2 aromatic carbocycles. The Bertz CT molecular complexity index is 1220. The third-order valence-corrected chi connectivity index (χ3v) is 7.65. The second kappa shape index (κ2) is 11.3. The largest absolute Gasteiger partial charge is 0.491 e. The summed E-state index contributed by atoms with van der Waals surface area (Å²) in [5.74, 6) is 0.767. The number of fused-ring (bicyclic) bond motifs is 1. The van der Waals surface area contributed by atoms with Crippen molar-refractivity contribution in [2.45, 2.75) is 26.0 Å². The topological polar surface area (TPSA) is 66.7 Å². The molecule has 35 heavy (non-hydrogen) atoms. The SMILES string of the molecule is CCc1nc2cc(OC[C@H](O)CN3CCN(CCn4cc(-c5ccccc5)cn4)CC3)ccc2s1. The Kier molecular flexibility index (Phi) is 7.73. The maximum Gasteiger partial charge on any atom is 0.121 e. The van der Waals surface area contributed by atoms with Crippen LogP contribution in [-0.2, 0) is 13.0 Å². The Morgan fingerprint density at radius 3 is 2.60 bits per heavy atom. The molecule has 0 bridgehead atoms. The molecular formula is C27H33N5O2S. The van der Waals surface area contributed by atoms with Crippen LogP contribution in [0.2, 0.25) is 0 Å². The fourth-order valence-electron chi connectivity index (χ4n) is 4.44. The third kappa shape index (κ3) is 6.27. The maximum absolute atomic E-state index is 10.5. The Morgan fingerprint density at radius 2 is 1.80 bits per heavy atom. The number of aliphatic hydroxyl groups is 1. The number of ether oxygens (including phenoxy) is 1. The van der Waals surface area contributed by atoms with Gasteiger partial charge in [-0.3, -0.25) is 14.5 Å². The number of nitrogens with zero attached hydrogens (tertiary/aromatic N) is 5. The highest BCUT2D eigenvalue weighted by molar-refractivity contribution is 7.18. The molecule has 1 N–H and O–H groups in total. The van der Waals surface area contributed by atoms with E-state index in [9.17, 15) is 5.11 Å². The van der Waals surface area contributed by atoms with E-state index >= 15 is 0 Å². The quantitative estimate of drug-likeness (QED) is 0.364. The smallest absolute Gasteiger partial charge is 0.121 e. The molecule has 0 spiro atoms. The van der Waals surface area contributed by atoms with Gasteiger partial charge in [0.2, 0.25) is 0 Å². The number of benzene rings is 2. The van der Waals surface area contributed by atoms with E-state index in [0.717, 1.165) is 67.5 Å². The van der Waals surface area contributed by atoms with Gasteiger partial charge in [0.1, 0.15) is 18.5 Å². The Balaban J connectivity index is 1.02. The molecule has 5 rings (SSSR count). The third-order valence-electron chi connectivity index (χ3n) is 6.47. The van der Waals surface area contributed by atoms with E-state index in [2.05, 4.69) is 63.3 Å². The lowest BCUT2D eigenvalue weighted by Gasteiger charge is -2.35. The lowest BCUT2D eigenvalue weighted by Crippen LogP contribution is -2.49. The molecule has 7 nitrogen and oxygen atoms in total. The Hall–Kier alpha value is -2.78. The number of aryl methyl sites for hydroxylation is 1. The highest BCUT2D eigenvalue weighted by Gasteiger charge is 2.19. The summed E-state index contributed by atoms with van der Waals surface area (Å²) in [7, 11) is 0. The Labute approximate surface area is 210 Å². The fraction of sp³-hybridized carbons (Fsp3) is 0.407. The van der Waals surface area contributed by atoms with Crippen LogP contribution >= 0.6 is 11.3 Å². The number of thiazole rings is 1. The van der Waals surface area contributed by atoms with Crippen molar-refractivity contribution in [1.29, 1.82) is 0 Å². The van der Waals surface area contributed by atoms with E-state index in [4.69, 9.17) is 4.74 Å². The zero-order valence-corrected chi connectivity index (χ0v) is 21.0. The van der Waals surface area contributed by atoms with Gasteiger partial charge in [-0.2, -0.15) is 5.10 Å². The number of hydrogen-bond donors (Lipinski definition) is 1. The zero-order valence-electron chi connectivity index (χ0n) is 20.2. The molecule has 0 aliphatic carbocycles. The lowest BCUT2D eigenvalue weighted by molar-refractivity contribution is 0.0453. The molecule has 1 aliphatic rings. The molecule has 1 atom stereocenters. The molecule has 1 fully saturated rings. The van der Waals surface area contributed by atoms with Crippen LogP contribution in [0.5, 0.6) is 5.75 Å². The summed E-state index contributed by atoms with van der Waals surface area (Å²) >= 11 is 1.72. The average Bonchev–Trinajstić information content (AvgIpc) is 3.54. The van der Waals surface area contributed by atoms with E-state index < -0.39 is 6.10 Å². The molecule has 3 heterocycles. The first-order chi connectivity index (χ1) is 17.2. The van der Waals surface area contributed by atoms with Crippen LogP contribution in [0.25, 0.3) is 21.3 Å². The Morgan fingerprint density at radius 1 is 1.00 bits per heavy atom. The number of piperazine rings is 1. The van der Waals surface area contributed by atoms with Crippen LogP contribution in [0.1, 0.15) is 11.9 Å². The van der Waals surface area contributed by atoms with Gasteiger partial charge in [-0.15, -0.1) is 11.3 Å². The van der Waals surface area contributed by atoms with Gasteiger partial charge in [0.15, 0.2) is 0 Å². The molecule has 4 aromatic rings. The monoisotopic (exact) mass is 491 g/mol. The standard InChI is InChI=1S/C27H33N5O2S/c1-2-27-29-25-16-24(8-9-26(25)35-27)34-20-23(33)19-31-12-10-30(11-13-31)14-15-32-18-22(17-28-32)21-6-4-3-5-7-21/h3-9,16-18,23,33H,2,10-15,19-20H2,1H3/t23-/m1/s1. The van der Waals surface area contributed by atoms with Crippen molar-refractivity contribution >= 4 is 21.6 Å². The molecular weight excluding hydrogens is 458 g/mol. The predicted molar refractivity (Wildman–Crippen MR) is 141 cm³/mol. The van der Waals surface area contributed by atoms with E-state index in [1.54, 1.807) is 11.3 Å². The first-order valence-corrected chi connectivity index (χ1v) is 13.2. The summed E-state index contributed by atoms with van der Waals surface area (Å²) in [6, 6.07) is 16.4. The number of rotatable bonds is 10. The van der Waals surface area contributed by atoms with Crippen LogP contribution in [0.15, 0.2) is 60.9 Å². The number of aliphatic hydroxyl groups excluding tert-OH is 1. The molecule has 184 valence electrons. The van der Waals surface area contributed by atoms with E-state index in [-0.39, 0.29) is 0 Å². The van der Waals surface area contributed by atoms with Gasteiger partial charge in [-0.05, 0) is 24.1 Å². The van der Waals surface area contributed by atoms with Crippen LogP contribution < -0.4 is 4.74 Å². The second-order valence-corrected chi connectivity index (χ2v) is 10.2. The van der Waals surface area contributed by atoms with Gasteiger partial charge in [-0.1, -0.05) is 37.3 Å². The van der Waals surface area contributed by atoms with Crippen molar-refractivity contribution in [3.05, 3.63) is 65.9 Å². The van der Waals surface area contributed by atoms with Gasteiger partial charge < -0.3 is 9.84 Å². The normalized spacial score (nSPS) is 16.1. The summed E-state index contributed by atoms with van der Waals surface area (Å²) < 4.78 is 9.08. The van der Waals surface area contributed by atoms with E-state index in [1.807, 2.05) is 29.1 Å². The number of aromatic nitrogens is 3. The van der Waals surface area contributed by atoms with Crippen molar-refractivity contribution in [1.82, 2.24) is 24.6 Å². The van der Waals surface area contributed by atoms with Crippen molar-refractivity contribution in [3.8, 4) is 16.9 Å². The second-order valence-electron chi connectivity index (χ2n) is 9.06. The molecule has 2 aromatic heterocycles. The first kappa shape index (κ1) is 23.9. The summed E-state index contributed by atoms with van der Waals surface area (Å²) in [6.07, 6.45) is 4.49. The van der Waals surface area contributed by atoms with Crippen molar-refractivity contribution in [3.63, 3.8) is 0 Å². The van der Waals surface area contributed by atoms with Gasteiger partial charge >= 0.3 is 0 Å². The highest BCUT2D eigenvalue weighted by atomic mass is 32.1. The molecule has 0 amide bonds. The van der Waals surface area contributed by atoms with Gasteiger partial charge in [0, 0.05) is 57.1 Å².